The average molecular weight is 495 g/mol. The van der Waals surface area contributed by atoms with Gasteiger partial charge in [-0.3, -0.25) is 9.80 Å². The molecule has 0 saturated carbocycles. The molecule has 2 atom stereocenters. The van der Waals surface area contributed by atoms with Crippen molar-refractivity contribution >= 4 is 11.9 Å². The predicted octanol–water partition coefficient (Wildman–Crippen LogP) is 3.07. The first-order chi connectivity index (χ1) is 17.4. The Morgan fingerprint density at radius 3 is 1.89 bits per heavy atom. The summed E-state index contributed by atoms with van der Waals surface area (Å²) < 4.78 is 16.5. The molecule has 3 aliphatic heterocycles. The lowest BCUT2D eigenvalue weighted by atomic mass is 9.94. The molecular weight excluding hydrogens is 460 g/mol. The van der Waals surface area contributed by atoms with Gasteiger partial charge in [0.1, 0.15) is 13.2 Å². The standard InChI is InChI=1S/C28H34N2O6/c1-4-34-26(20-6-8-22-24(18(20)3)16-36-28(22)33)14-30-11-9-29(10-12-30)13-25(31)19-5-7-21-23(17(19)2)15-35-27(21)32/h5-8,25-26,31H,4,9-16H2,1-3H3. The number of β-amino-alcohol motifs (C(OH)–C–C–N with tert-alkyl or cyclic N) is 1. The highest BCUT2D eigenvalue weighted by Crippen LogP contribution is 2.32. The molecule has 0 aromatic heterocycles. The second-order valence-corrected chi connectivity index (χ2v) is 9.83. The molecule has 0 aliphatic carbocycles. The lowest BCUT2D eigenvalue weighted by Crippen LogP contribution is -2.48. The van der Waals surface area contributed by atoms with Crippen molar-refractivity contribution in [3.05, 3.63) is 68.8 Å². The van der Waals surface area contributed by atoms with Crippen molar-refractivity contribution in [3.8, 4) is 0 Å². The third-order valence-corrected chi connectivity index (χ3v) is 7.81. The van der Waals surface area contributed by atoms with Crippen molar-refractivity contribution < 1.29 is 28.9 Å². The van der Waals surface area contributed by atoms with Crippen LogP contribution < -0.4 is 0 Å². The molecule has 0 radical (unpaired) electrons. The smallest absolute Gasteiger partial charge is 0.338 e. The maximum atomic E-state index is 11.9. The third kappa shape index (κ3) is 4.66. The second kappa shape index (κ2) is 10.3. The monoisotopic (exact) mass is 494 g/mol. The molecule has 2 unspecified atom stereocenters. The van der Waals surface area contributed by atoms with E-state index >= 15 is 0 Å². The van der Waals surface area contributed by atoms with Gasteiger partial charge in [-0.1, -0.05) is 12.1 Å². The Morgan fingerprint density at radius 2 is 1.33 bits per heavy atom. The van der Waals surface area contributed by atoms with Crippen LogP contribution in [0.4, 0.5) is 0 Å². The summed E-state index contributed by atoms with van der Waals surface area (Å²) in [6.45, 7) is 12.0. The van der Waals surface area contributed by atoms with E-state index in [4.69, 9.17) is 14.2 Å². The van der Waals surface area contributed by atoms with E-state index in [1.165, 1.54) is 0 Å². The fourth-order valence-corrected chi connectivity index (χ4v) is 5.62. The van der Waals surface area contributed by atoms with Gasteiger partial charge in [0, 0.05) is 57.0 Å². The maximum absolute atomic E-state index is 11.9. The Bertz CT molecular complexity index is 1170. The summed E-state index contributed by atoms with van der Waals surface area (Å²) in [5.41, 5.74) is 7.13. The fourth-order valence-electron chi connectivity index (χ4n) is 5.62. The number of aliphatic hydroxyl groups excluding tert-OH is 1. The largest absolute Gasteiger partial charge is 0.457 e. The summed E-state index contributed by atoms with van der Waals surface area (Å²) in [7, 11) is 0. The van der Waals surface area contributed by atoms with E-state index in [1.807, 2.05) is 39.0 Å². The number of benzene rings is 2. The summed E-state index contributed by atoms with van der Waals surface area (Å²) in [4.78, 5) is 28.4. The second-order valence-electron chi connectivity index (χ2n) is 9.83. The van der Waals surface area contributed by atoms with Gasteiger partial charge in [-0.2, -0.15) is 0 Å². The zero-order chi connectivity index (χ0) is 25.4. The molecule has 0 amide bonds. The lowest BCUT2D eigenvalue weighted by molar-refractivity contribution is 0.0115. The number of carbonyl (C=O) groups is 2. The van der Waals surface area contributed by atoms with Crippen LogP contribution in [0.25, 0.3) is 0 Å². The predicted molar refractivity (Wildman–Crippen MR) is 133 cm³/mol. The Balaban J connectivity index is 1.19. The molecule has 5 rings (SSSR count). The van der Waals surface area contributed by atoms with Crippen LogP contribution in [0.5, 0.6) is 0 Å². The molecule has 8 nitrogen and oxygen atoms in total. The molecule has 2 aromatic carbocycles. The van der Waals surface area contributed by atoms with Crippen LogP contribution in [0.2, 0.25) is 0 Å². The van der Waals surface area contributed by atoms with E-state index in [0.29, 0.717) is 30.9 Å². The number of cyclic esters (lactones) is 2. The van der Waals surface area contributed by atoms with Gasteiger partial charge < -0.3 is 19.3 Å². The maximum Gasteiger partial charge on any atom is 0.338 e. The zero-order valence-corrected chi connectivity index (χ0v) is 21.2. The summed E-state index contributed by atoms with van der Waals surface area (Å²) in [6, 6.07) is 7.49. The number of hydrogen-bond donors (Lipinski definition) is 1. The molecule has 0 spiro atoms. The highest BCUT2D eigenvalue weighted by atomic mass is 16.5. The number of ether oxygens (including phenoxy) is 3. The van der Waals surface area contributed by atoms with Crippen LogP contribution >= 0.6 is 0 Å². The van der Waals surface area contributed by atoms with Gasteiger partial charge in [0.15, 0.2) is 0 Å². The minimum Gasteiger partial charge on any atom is -0.457 e. The minimum absolute atomic E-state index is 0.0767. The number of carbonyl (C=O) groups excluding carboxylic acids is 2. The van der Waals surface area contributed by atoms with Crippen molar-refractivity contribution in [2.45, 2.75) is 46.2 Å². The number of rotatable bonds is 8. The van der Waals surface area contributed by atoms with Gasteiger partial charge in [0.2, 0.25) is 0 Å². The van der Waals surface area contributed by atoms with Crippen molar-refractivity contribution in [1.82, 2.24) is 9.80 Å². The van der Waals surface area contributed by atoms with Gasteiger partial charge in [-0.15, -0.1) is 0 Å². The lowest BCUT2D eigenvalue weighted by Gasteiger charge is -2.37. The molecule has 1 N–H and O–H groups in total. The first-order valence-electron chi connectivity index (χ1n) is 12.7. The van der Waals surface area contributed by atoms with Crippen molar-refractivity contribution in [3.63, 3.8) is 0 Å². The van der Waals surface area contributed by atoms with Crippen molar-refractivity contribution in [2.75, 3.05) is 45.9 Å². The highest BCUT2D eigenvalue weighted by Gasteiger charge is 2.29. The van der Waals surface area contributed by atoms with E-state index in [1.54, 1.807) is 6.07 Å². The Hall–Kier alpha value is -2.78. The van der Waals surface area contributed by atoms with Crippen LogP contribution in [0.3, 0.4) is 0 Å². The Labute approximate surface area is 211 Å². The SMILES string of the molecule is CCOC(CN1CCN(CC(O)c2ccc3c(c2C)COC3=O)CC1)c1ccc2c(c1C)COC2=O. The average Bonchev–Trinajstić information content (AvgIpc) is 3.44. The van der Waals surface area contributed by atoms with Gasteiger partial charge in [0.25, 0.3) is 0 Å². The highest BCUT2D eigenvalue weighted by molar-refractivity contribution is 5.94. The van der Waals surface area contributed by atoms with Gasteiger partial charge in [-0.25, -0.2) is 9.59 Å². The Kier molecular flexibility index (Phi) is 7.12. The number of hydrogen-bond acceptors (Lipinski definition) is 8. The number of aliphatic hydroxyl groups is 1. The van der Waals surface area contributed by atoms with Gasteiger partial charge in [0.05, 0.1) is 23.3 Å². The normalized spacial score (nSPS) is 19.6. The molecule has 1 saturated heterocycles. The van der Waals surface area contributed by atoms with Crippen LogP contribution in [-0.4, -0.2) is 72.7 Å². The van der Waals surface area contributed by atoms with Crippen LogP contribution in [0.1, 0.15) is 73.2 Å². The van der Waals surface area contributed by atoms with E-state index in [0.717, 1.165) is 66.1 Å². The molecule has 3 aliphatic rings. The first kappa shape index (κ1) is 24.9. The minimum atomic E-state index is -0.618. The van der Waals surface area contributed by atoms with Crippen LogP contribution in [0.15, 0.2) is 24.3 Å². The fraction of sp³-hybridized carbons (Fsp3) is 0.500. The van der Waals surface area contributed by atoms with E-state index < -0.39 is 6.10 Å². The van der Waals surface area contributed by atoms with Crippen LogP contribution in [-0.2, 0) is 27.4 Å². The topological polar surface area (TPSA) is 88.5 Å². The quantitative estimate of drug-likeness (QED) is 0.561. The molecule has 8 heteroatoms. The van der Waals surface area contributed by atoms with Gasteiger partial charge >= 0.3 is 11.9 Å². The molecule has 0 bridgehead atoms. The zero-order valence-electron chi connectivity index (χ0n) is 21.2. The van der Waals surface area contributed by atoms with Crippen LogP contribution in [0, 0.1) is 13.8 Å². The Morgan fingerprint density at radius 1 is 0.833 bits per heavy atom. The summed E-state index contributed by atoms with van der Waals surface area (Å²) in [5.74, 6) is -0.532. The number of nitrogens with zero attached hydrogens (tertiary/aromatic N) is 2. The third-order valence-electron chi connectivity index (χ3n) is 7.81. The van der Waals surface area contributed by atoms with E-state index in [2.05, 4.69) is 9.80 Å². The molecule has 192 valence electrons. The van der Waals surface area contributed by atoms with Crippen molar-refractivity contribution in [1.29, 1.82) is 0 Å². The number of fused-ring (bicyclic) bond motifs is 2. The van der Waals surface area contributed by atoms with Crippen molar-refractivity contribution in [2.24, 2.45) is 0 Å². The summed E-state index contributed by atoms with van der Waals surface area (Å²) >= 11 is 0. The molecule has 36 heavy (non-hydrogen) atoms. The first-order valence-corrected chi connectivity index (χ1v) is 12.7. The molecular formula is C28H34N2O6. The number of piperazine rings is 1. The van der Waals surface area contributed by atoms with E-state index in [-0.39, 0.29) is 24.6 Å². The number of esters is 2. The molecule has 2 aromatic rings. The summed E-state index contributed by atoms with van der Waals surface area (Å²) in [5, 5.41) is 11.0. The molecule has 3 heterocycles. The van der Waals surface area contributed by atoms with Gasteiger partial charge in [-0.05, 0) is 55.2 Å². The summed E-state index contributed by atoms with van der Waals surface area (Å²) in [6.07, 6.45) is -0.695. The molecule has 1 fully saturated rings. The van der Waals surface area contributed by atoms with E-state index in [9.17, 15) is 14.7 Å².